The van der Waals surface area contributed by atoms with Gasteiger partial charge in [-0.25, -0.2) is 0 Å². The summed E-state index contributed by atoms with van der Waals surface area (Å²) in [5.74, 6) is 0.690. The van der Waals surface area contributed by atoms with Gasteiger partial charge in [0, 0.05) is 6.04 Å². The Kier molecular flexibility index (Phi) is 4.03. The molecule has 1 amide bonds. The van der Waals surface area contributed by atoms with Gasteiger partial charge >= 0.3 is 0 Å². The Morgan fingerprint density at radius 3 is 2.81 bits per heavy atom. The molecule has 0 unspecified atom stereocenters. The van der Waals surface area contributed by atoms with Gasteiger partial charge in [-0.15, -0.1) is 11.3 Å². The van der Waals surface area contributed by atoms with Gasteiger partial charge in [0.05, 0.1) is 8.66 Å². The number of carbonyl (C=O) groups excluding carboxylic acids is 1. The van der Waals surface area contributed by atoms with Gasteiger partial charge in [-0.2, -0.15) is 0 Å². The molecule has 1 heterocycles. The Morgan fingerprint density at radius 2 is 2.19 bits per heavy atom. The fourth-order valence-electron chi connectivity index (χ4n) is 2.21. The predicted octanol–water partition coefficient (Wildman–Crippen LogP) is 3.82. The van der Waals surface area contributed by atoms with Crippen LogP contribution in [0, 0.1) is 5.92 Å². The first-order valence-electron chi connectivity index (χ1n) is 5.73. The van der Waals surface area contributed by atoms with Crippen molar-refractivity contribution in [2.75, 3.05) is 0 Å². The number of hydrogen-bond donors (Lipinski definition) is 1. The van der Waals surface area contributed by atoms with Crippen LogP contribution in [-0.4, -0.2) is 11.9 Å². The number of rotatable bonds is 2. The van der Waals surface area contributed by atoms with E-state index in [0.29, 0.717) is 12.0 Å². The highest BCUT2D eigenvalue weighted by Gasteiger charge is 2.23. The molecule has 88 valence electrons. The summed E-state index contributed by atoms with van der Waals surface area (Å²) in [6.45, 7) is 2.23. The maximum atomic E-state index is 12.0. The number of carbonyl (C=O) groups is 1. The van der Waals surface area contributed by atoms with Crippen LogP contribution >= 0.6 is 27.3 Å². The molecule has 2 rings (SSSR count). The molecule has 1 fully saturated rings. The van der Waals surface area contributed by atoms with Crippen LogP contribution in [-0.2, 0) is 0 Å². The summed E-state index contributed by atoms with van der Waals surface area (Å²) in [5, 5.41) is 3.15. The van der Waals surface area contributed by atoms with Crippen LogP contribution in [0.2, 0.25) is 0 Å². The van der Waals surface area contributed by atoms with Crippen LogP contribution in [0.5, 0.6) is 0 Å². The second-order valence-electron chi connectivity index (χ2n) is 4.45. The first kappa shape index (κ1) is 12.1. The zero-order chi connectivity index (χ0) is 11.5. The number of halogens is 1. The first-order chi connectivity index (χ1) is 7.66. The van der Waals surface area contributed by atoms with Gasteiger partial charge in [0.15, 0.2) is 0 Å². The zero-order valence-corrected chi connectivity index (χ0v) is 11.7. The topological polar surface area (TPSA) is 29.1 Å². The number of thiophene rings is 1. The standard InChI is InChI=1S/C12H16BrNOS/c1-8-4-2-3-5-9(8)14-12(15)10-6-7-11(13)16-10/h6-9H,2-5H2,1H3,(H,14,15)/t8-,9-/m0/s1. The minimum absolute atomic E-state index is 0.0782. The molecule has 2 atom stereocenters. The van der Waals surface area contributed by atoms with Crippen molar-refractivity contribution < 1.29 is 4.79 Å². The molecule has 16 heavy (non-hydrogen) atoms. The van der Waals surface area contributed by atoms with E-state index in [0.717, 1.165) is 15.1 Å². The Balaban J connectivity index is 1.96. The number of nitrogens with one attached hydrogen (secondary N) is 1. The summed E-state index contributed by atoms with van der Waals surface area (Å²) in [6.07, 6.45) is 4.90. The van der Waals surface area contributed by atoms with Crippen molar-refractivity contribution in [2.24, 2.45) is 5.92 Å². The van der Waals surface area contributed by atoms with Gasteiger partial charge in [-0.1, -0.05) is 19.8 Å². The van der Waals surface area contributed by atoms with Gasteiger partial charge in [-0.05, 0) is 46.8 Å². The average Bonchev–Trinajstić information content (AvgIpc) is 2.68. The molecule has 0 bridgehead atoms. The SMILES string of the molecule is C[C@H]1CCCC[C@@H]1NC(=O)c1ccc(Br)s1. The van der Waals surface area contributed by atoms with E-state index in [-0.39, 0.29) is 5.91 Å². The van der Waals surface area contributed by atoms with Gasteiger partial charge in [0.25, 0.3) is 5.91 Å². The Hall–Kier alpha value is -0.350. The van der Waals surface area contributed by atoms with E-state index in [9.17, 15) is 4.79 Å². The van der Waals surface area contributed by atoms with Crippen molar-refractivity contribution in [3.63, 3.8) is 0 Å². The Morgan fingerprint density at radius 1 is 1.44 bits per heavy atom. The summed E-state index contributed by atoms with van der Waals surface area (Å²) >= 11 is 4.87. The molecule has 1 aliphatic carbocycles. The van der Waals surface area contributed by atoms with Crippen molar-refractivity contribution in [3.8, 4) is 0 Å². The van der Waals surface area contributed by atoms with E-state index in [1.807, 2.05) is 12.1 Å². The molecule has 1 aromatic rings. The smallest absolute Gasteiger partial charge is 0.261 e. The lowest BCUT2D eigenvalue weighted by Gasteiger charge is -2.29. The van der Waals surface area contributed by atoms with Gasteiger partial charge in [-0.3, -0.25) is 4.79 Å². The van der Waals surface area contributed by atoms with Crippen LogP contribution in [0.1, 0.15) is 42.3 Å². The van der Waals surface area contributed by atoms with E-state index >= 15 is 0 Å². The lowest BCUT2D eigenvalue weighted by Crippen LogP contribution is -2.40. The number of hydrogen-bond acceptors (Lipinski definition) is 2. The molecule has 0 saturated heterocycles. The molecule has 0 radical (unpaired) electrons. The van der Waals surface area contributed by atoms with Crippen LogP contribution in [0.3, 0.4) is 0 Å². The highest BCUT2D eigenvalue weighted by Crippen LogP contribution is 2.25. The van der Waals surface area contributed by atoms with Crippen molar-refractivity contribution in [1.82, 2.24) is 5.32 Å². The highest BCUT2D eigenvalue weighted by molar-refractivity contribution is 9.11. The Bertz CT molecular complexity index is 377. The third-order valence-corrected chi connectivity index (χ3v) is 4.85. The second-order valence-corrected chi connectivity index (χ2v) is 6.91. The van der Waals surface area contributed by atoms with Crippen LogP contribution < -0.4 is 5.32 Å². The van der Waals surface area contributed by atoms with Crippen LogP contribution in [0.15, 0.2) is 15.9 Å². The summed E-state index contributed by atoms with van der Waals surface area (Å²) < 4.78 is 1.01. The summed E-state index contributed by atoms with van der Waals surface area (Å²) in [6, 6.07) is 4.16. The van der Waals surface area contributed by atoms with Gasteiger partial charge < -0.3 is 5.32 Å². The minimum atomic E-state index is 0.0782. The van der Waals surface area contributed by atoms with Crippen molar-refractivity contribution in [2.45, 2.75) is 38.6 Å². The molecule has 2 nitrogen and oxygen atoms in total. The average molecular weight is 302 g/mol. The summed E-state index contributed by atoms with van der Waals surface area (Å²) in [4.78, 5) is 12.7. The third kappa shape index (κ3) is 2.86. The number of amides is 1. The van der Waals surface area contributed by atoms with Crippen LogP contribution in [0.4, 0.5) is 0 Å². The van der Waals surface area contributed by atoms with Crippen molar-refractivity contribution in [3.05, 3.63) is 20.8 Å². The molecule has 0 aromatic carbocycles. The first-order valence-corrected chi connectivity index (χ1v) is 7.34. The molecule has 0 aliphatic heterocycles. The lowest BCUT2D eigenvalue weighted by atomic mass is 9.86. The van der Waals surface area contributed by atoms with Gasteiger partial charge in [0.1, 0.15) is 0 Å². The largest absolute Gasteiger partial charge is 0.348 e. The maximum Gasteiger partial charge on any atom is 0.261 e. The fourth-order valence-corrected chi connectivity index (χ4v) is 3.50. The zero-order valence-electron chi connectivity index (χ0n) is 9.33. The molecule has 1 aliphatic rings. The highest BCUT2D eigenvalue weighted by atomic mass is 79.9. The molecule has 1 aromatic heterocycles. The molecular weight excluding hydrogens is 286 g/mol. The third-order valence-electron chi connectivity index (χ3n) is 3.22. The molecule has 1 saturated carbocycles. The summed E-state index contributed by atoms with van der Waals surface area (Å²) in [5.41, 5.74) is 0. The normalized spacial score (nSPS) is 25.4. The fraction of sp³-hybridized carbons (Fsp3) is 0.583. The monoisotopic (exact) mass is 301 g/mol. The van der Waals surface area contributed by atoms with Crippen molar-refractivity contribution >= 4 is 33.2 Å². The molecule has 0 spiro atoms. The van der Waals surface area contributed by atoms with Gasteiger partial charge in [0.2, 0.25) is 0 Å². The molecule has 4 heteroatoms. The van der Waals surface area contributed by atoms with E-state index in [1.54, 1.807) is 0 Å². The van der Waals surface area contributed by atoms with Crippen LogP contribution in [0.25, 0.3) is 0 Å². The lowest BCUT2D eigenvalue weighted by molar-refractivity contribution is 0.0914. The van der Waals surface area contributed by atoms with E-state index in [4.69, 9.17) is 0 Å². The second kappa shape index (κ2) is 5.32. The van der Waals surface area contributed by atoms with E-state index in [2.05, 4.69) is 28.2 Å². The minimum Gasteiger partial charge on any atom is -0.348 e. The van der Waals surface area contributed by atoms with E-state index < -0.39 is 0 Å². The quantitative estimate of drug-likeness (QED) is 0.884. The predicted molar refractivity (Wildman–Crippen MR) is 70.9 cm³/mol. The van der Waals surface area contributed by atoms with E-state index in [1.165, 1.54) is 30.6 Å². The summed E-state index contributed by atoms with van der Waals surface area (Å²) in [7, 11) is 0. The maximum absolute atomic E-state index is 12.0. The molecule has 1 N–H and O–H groups in total. The molecular formula is C12H16BrNOS. The Labute approximate surface area is 109 Å². The van der Waals surface area contributed by atoms with Crippen molar-refractivity contribution in [1.29, 1.82) is 0 Å².